The van der Waals surface area contributed by atoms with Crippen LogP contribution in [0.25, 0.3) is 10.9 Å². The summed E-state index contributed by atoms with van der Waals surface area (Å²) in [5.74, 6) is -0.311. The van der Waals surface area contributed by atoms with Gasteiger partial charge in [0.05, 0.1) is 37.5 Å². The van der Waals surface area contributed by atoms with E-state index in [1.54, 1.807) is 28.8 Å². The predicted molar refractivity (Wildman–Crippen MR) is 129 cm³/mol. The smallest absolute Gasteiger partial charge is 0.253 e. The van der Waals surface area contributed by atoms with Crippen LogP contribution in [0.3, 0.4) is 0 Å². The third-order valence-electron chi connectivity index (χ3n) is 5.71. The highest BCUT2D eigenvalue weighted by Crippen LogP contribution is 2.28. The van der Waals surface area contributed by atoms with Crippen molar-refractivity contribution in [1.29, 1.82) is 0 Å². The van der Waals surface area contributed by atoms with Crippen LogP contribution in [-0.2, 0) is 16.1 Å². The van der Waals surface area contributed by atoms with Gasteiger partial charge in [0.2, 0.25) is 5.91 Å². The van der Waals surface area contributed by atoms with Gasteiger partial charge in [0, 0.05) is 42.3 Å². The van der Waals surface area contributed by atoms with Crippen molar-refractivity contribution in [2.24, 2.45) is 0 Å². The Balaban J connectivity index is 1.48. The molecule has 2 aromatic carbocycles. The van der Waals surface area contributed by atoms with Crippen LogP contribution in [0.1, 0.15) is 17.3 Å². The van der Waals surface area contributed by atoms with Gasteiger partial charge in [-0.25, -0.2) is 0 Å². The zero-order valence-corrected chi connectivity index (χ0v) is 18.7. The summed E-state index contributed by atoms with van der Waals surface area (Å²) in [6.45, 7) is 5.24. The number of benzene rings is 2. The quantitative estimate of drug-likeness (QED) is 0.514. The minimum atomic E-state index is -0.244. The summed E-state index contributed by atoms with van der Waals surface area (Å²) in [5, 5.41) is 6.69. The lowest BCUT2D eigenvalue weighted by Crippen LogP contribution is -2.37. The third-order valence-corrected chi connectivity index (χ3v) is 5.71. The van der Waals surface area contributed by atoms with Crippen LogP contribution in [0.5, 0.6) is 0 Å². The SMILES string of the molecule is CCn1c(=O)cc(N2CCOCC2)c2cc(NC(=O)CNCC(=O)c3ccccc3)ccc21. The molecule has 1 fully saturated rings. The Morgan fingerprint density at radius 2 is 1.76 bits per heavy atom. The minimum absolute atomic E-state index is 0.0153. The molecule has 1 saturated heterocycles. The fraction of sp³-hybridized carbons (Fsp3) is 0.320. The second-order valence-corrected chi connectivity index (χ2v) is 7.88. The number of ketones is 1. The molecule has 8 nitrogen and oxygen atoms in total. The highest BCUT2D eigenvalue weighted by Gasteiger charge is 2.17. The van der Waals surface area contributed by atoms with Crippen LogP contribution in [0.4, 0.5) is 11.4 Å². The molecule has 8 heteroatoms. The maximum absolute atomic E-state index is 12.7. The summed E-state index contributed by atoms with van der Waals surface area (Å²) in [4.78, 5) is 39.4. The van der Waals surface area contributed by atoms with Gasteiger partial charge in [0.1, 0.15) is 0 Å². The van der Waals surface area contributed by atoms with Gasteiger partial charge in [-0.1, -0.05) is 30.3 Å². The molecule has 2 N–H and O–H groups in total. The number of ether oxygens (including phenoxy) is 1. The van der Waals surface area contributed by atoms with Gasteiger partial charge in [0.15, 0.2) is 5.78 Å². The topological polar surface area (TPSA) is 92.7 Å². The lowest BCUT2D eigenvalue weighted by atomic mass is 10.1. The minimum Gasteiger partial charge on any atom is -0.378 e. The molecule has 1 aliphatic rings. The molecule has 3 aromatic rings. The molecule has 0 spiro atoms. The molecule has 0 bridgehead atoms. The van der Waals surface area contributed by atoms with E-state index in [0.717, 1.165) is 16.6 Å². The Kier molecular flexibility index (Phi) is 7.16. The van der Waals surface area contributed by atoms with E-state index < -0.39 is 0 Å². The number of carbonyl (C=O) groups is 2. The summed E-state index contributed by atoms with van der Waals surface area (Å²) in [7, 11) is 0. The summed E-state index contributed by atoms with van der Waals surface area (Å²) >= 11 is 0. The molecule has 0 saturated carbocycles. The lowest BCUT2D eigenvalue weighted by molar-refractivity contribution is -0.115. The maximum Gasteiger partial charge on any atom is 0.253 e. The summed E-state index contributed by atoms with van der Waals surface area (Å²) < 4.78 is 7.18. The van der Waals surface area contributed by atoms with Crippen LogP contribution >= 0.6 is 0 Å². The number of pyridine rings is 1. The van der Waals surface area contributed by atoms with Crippen LogP contribution in [0.2, 0.25) is 0 Å². The number of carbonyl (C=O) groups excluding carboxylic acids is 2. The second-order valence-electron chi connectivity index (χ2n) is 7.88. The molecule has 2 heterocycles. The number of rotatable bonds is 8. The number of nitrogens with one attached hydrogen (secondary N) is 2. The van der Waals surface area contributed by atoms with E-state index >= 15 is 0 Å². The van der Waals surface area contributed by atoms with E-state index in [4.69, 9.17) is 4.74 Å². The van der Waals surface area contributed by atoms with Gasteiger partial charge in [-0.2, -0.15) is 0 Å². The Morgan fingerprint density at radius 1 is 1.00 bits per heavy atom. The average Bonchev–Trinajstić information content (AvgIpc) is 2.84. The fourth-order valence-electron chi connectivity index (χ4n) is 4.06. The van der Waals surface area contributed by atoms with Gasteiger partial charge in [-0.3, -0.25) is 14.4 Å². The zero-order chi connectivity index (χ0) is 23.2. The molecule has 33 heavy (non-hydrogen) atoms. The van der Waals surface area contributed by atoms with E-state index in [9.17, 15) is 14.4 Å². The Labute approximate surface area is 192 Å². The summed E-state index contributed by atoms with van der Waals surface area (Å²) in [5.41, 5.74) is 2.88. The van der Waals surface area contributed by atoms with Gasteiger partial charge in [-0.15, -0.1) is 0 Å². The third kappa shape index (κ3) is 5.30. The average molecular weight is 449 g/mol. The number of aryl methyl sites for hydroxylation is 1. The van der Waals surface area contributed by atoms with Crippen LogP contribution in [-0.4, -0.2) is 55.7 Å². The predicted octanol–water partition coefficient (Wildman–Crippen LogP) is 2.27. The van der Waals surface area contributed by atoms with Crippen molar-refractivity contribution in [1.82, 2.24) is 9.88 Å². The van der Waals surface area contributed by atoms with Crippen LogP contribution in [0.15, 0.2) is 59.4 Å². The van der Waals surface area contributed by atoms with Gasteiger partial charge >= 0.3 is 0 Å². The monoisotopic (exact) mass is 448 g/mol. The summed E-state index contributed by atoms with van der Waals surface area (Å²) in [6, 6.07) is 16.2. The highest BCUT2D eigenvalue weighted by molar-refractivity contribution is 6.00. The molecule has 1 aromatic heterocycles. The normalized spacial score (nSPS) is 13.8. The number of fused-ring (bicyclic) bond motifs is 1. The Bertz CT molecular complexity index is 1200. The summed E-state index contributed by atoms with van der Waals surface area (Å²) in [6.07, 6.45) is 0. The molecule has 4 rings (SSSR count). The molecule has 1 aliphatic heterocycles. The first-order chi connectivity index (χ1) is 16.1. The molecular formula is C25H28N4O4. The second kappa shape index (κ2) is 10.4. The fourth-order valence-corrected chi connectivity index (χ4v) is 4.06. The number of Topliss-reactive ketones (excluding diaryl/α,β-unsaturated/α-hetero) is 1. The molecule has 0 unspecified atom stereocenters. The lowest BCUT2D eigenvalue weighted by Gasteiger charge is -2.30. The Hall–Kier alpha value is -3.49. The molecule has 0 atom stereocenters. The van der Waals surface area contributed by atoms with E-state index in [-0.39, 0.29) is 30.3 Å². The largest absolute Gasteiger partial charge is 0.378 e. The first-order valence-electron chi connectivity index (χ1n) is 11.2. The van der Waals surface area contributed by atoms with E-state index in [0.29, 0.717) is 44.1 Å². The van der Waals surface area contributed by atoms with Crippen molar-refractivity contribution in [2.75, 3.05) is 49.6 Å². The van der Waals surface area contributed by atoms with Crippen molar-refractivity contribution >= 4 is 34.0 Å². The number of anilines is 2. The zero-order valence-electron chi connectivity index (χ0n) is 18.7. The molecule has 0 radical (unpaired) electrons. The van der Waals surface area contributed by atoms with Crippen molar-refractivity contribution < 1.29 is 14.3 Å². The van der Waals surface area contributed by atoms with Crippen molar-refractivity contribution in [3.8, 4) is 0 Å². The Morgan fingerprint density at radius 3 is 2.48 bits per heavy atom. The number of morpholine rings is 1. The van der Waals surface area contributed by atoms with Gasteiger partial charge in [-0.05, 0) is 25.1 Å². The van der Waals surface area contributed by atoms with Crippen molar-refractivity contribution in [3.05, 3.63) is 70.5 Å². The van der Waals surface area contributed by atoms with E-state index in [2.05, 4.69) is 15.5 Å². The molecular weight excluding hydrogens is 420 g/mol. The number of aromatic nitrogens is 1. The standard InChI is InChI=1S/C25H28N4O4/c1-2-29-21-9-8-19(14-20(21)22(15-25(29)32)28-10-12-33-13-11-28)27-24(31)17-26-16-23(30)18-6-4-3-5-7-18/h3-9,14-15,26H,2,10-13,16-17H2,1H3,(H,27,31). The van der Waals surface area contributed by atoms with Crippen molar-refractivity contribution in [3.63, 3.8) is 0 Å². The van der Waals surface area contributed by atoms with Crippen molar-refractivity contribution in [2.45, 2.75) is 13.5 Å². The van der Waals surface area contributed by atoms with Gasteiger partial charge < -0.3 is 24.8 Å². The van der Waals surface area contributed by atoms with E-state index in [1.807, 2.05) is 37.3 Å². The first kappa shape index (κ1) is 22.7. The number of amides is 1. The first-order valence-corrected chi connectivity index (χ1v) is 11.2. The van der Waals surface area contributed by atoms with Crippen LogP contribution < -0.4 is 21.1 Å². The molecule has 1 amide bonds. The van der Waals surface area contributed by atoms with Crippen LogP contribution in [0, 0.1) is 0 Å². The molecule has 0 aliphatic carbocycles. The highest BCUT2D eigenvalue weighted by atomic mass is 16.5. The number of hydrogen-bond donors (Lipinski definition) is 2. The van der Waals surface area contributed by atoms with E-state index in [1.165, 1.54) is 0 Å². The number of nitrogens with zero attached hydrogens (tertiary/aromatic N) is 2. The maximum atomic E-state index is 12.7. The molecule has 172 valence electrons. The number of hydrogen-bond acceptors (Lipinski definition) is 6. The van der Waals surface area contributed by atoms with Gasteiger partial charge in [0.25, 0.3) is 5.56 Å².